The number of rotatable bonds is 9. The zero-order valence-corrected chi connectivity index (χ0v) is 30.3. The van der Waals surface area contributed by atoms with Crippen LogP contribution in [0, 0.1) is 69.5 Å². The molecule has 0 aromatic rings. The van der Waals surface area contributed by atoms with Gasteiger partial charge in [-0.25, -0.2) is 8.78 Å². The van der Waals surface area contributed by atoms with Gasteiger partial charge >= 0.3 is 17.9 Å². The number of carbonyl (C=O) groups excluding carboxylic acids is 3. The van der Waals surface area contributed by atoms with E-state index in [9.17, 15) is 23.2 Å². The minimum atomic E-state index is -3.07. The van der Waals surface area contributed by atoms with E-state index < -0.39 is 45.9 Å². The van der Waals surface area contributed by atoms with Crippen molar-refractivity contribution in [3.05, 3.63) is 0 Å². The molecule has 1 aliphatic heterocycles. The fourth-order valence-corrected chi connectivity index (χ4v) is 15.4. The highest BCUT2D eigenvalue weighted by Crippen LogP contribution is 2.66. The Labute approximate surface area is 300 Å². The Morgan fingerprint density at radius 2 is 0.922 bits per heavy atom. The highest BCUT2D eigenvalue weighted by molar-refractivity contribution is 5.79. The minimum absolute atomic E-state index is 0.0166. The number of halogens is 2. The molecule has 1 saturated heterocycles. The van der Waals surface area contributed by atoms with Gasteiger partial charge in [0.15, 0.2) is 12.2 Å². The predicted molar refractivity (Wildman–Crippen MR) is 178 cm³/mol. The molecule has 0 aromatic carbocycles. The Hall–Kier alpha value is -1.81. The SMILES string of the molecule is CC(F)(F)COC(=O)C12CC3CC(C1)C1(COC(COC(=O)C45CC6CC(CC(C6)C4)C5)(COC(=O)C45CC6CC(CC(C6)C4)C5)CO1)C(C3)C2. The second kappa shape index (κ2) is 11.4. The van der Waals surface area contributed by atoms with Crippen LogP contribution in [-0.2, 0) is 38.1 Å². The molecule has 0 radical (unpaired) electrons. The molecule has 282 valence electrons. The molecule has 1 spiro atoms. The molecule has 0 aromatic heterocycles. The summed E-state index contributed by atoms with van der Waals surface area (Å²) in [6, 6.07) is 0. The zero-order valence-electron chi connectivity index (χ0n) is 30.3. The van der Waals surface area contributed by atoms with Crippen molar-refractivity contribution in [1.29, 1.82) is 0 Å². The molecular formula is C41H56F2O8. The summed E-state index contributed by atoms with van der Waals surface area (Å²) in [5, 5.41) is 0. The fourth-order valence-electron chi connectivity index (χ4n) is 15.4. The van der Waals surface area contributed by atoms with Crippen LogP contribution in [0.2, 0.25) is 0 Å². The van der Waals surface area contributed by atoms with E-state index in [1.807, 2.05) is 0 Å². The highest BCUT2D eigenvalue weighted by Gasteiger charge is 2.68. The van der Waals surface area contributed by atoms with Crippen molar-refractivity contribution in [3.8, 4) is 0 Å². The molecule has 8 nitrogen and oxygen atoms in total. The quantitative estimate of drug-likeness (QED) is 0.185. The largest absolute Gasteiger partial charge is 0.462 e. The number of carbonyl (C=O) groups is 3. The first-order valence-corrected chi connectivity index (χ1v) is 20.4. The third-order valence-corrected chi connectivity index (χ3v) is 16.5. The summed E-state index contributed by atoms with van der Waals surface area (Å²) in [5.74, 6) is 0.255. The van der Waals surface area contributed by atoms with Gasteiger partial charge in [0.1, 0.15) is 13.2 Å². The van der Waals surface area contributed by atoms with Gasteiger partial charge in [-0.05, 0) is 162 Å². The number of esters is 3. The van der Waals surface area contributed by atoms with Crippen molar-refractivity contribution in [2.24, 2.45) is 69.5 Å². The maximum atomic E-state index is 14.0. The van der Waals surface area contributed by atoms with Gasteiger partial charge in [0, 0.05) is 6.92 Å². The molecule has 2 atom stereocenters. The van der Waals surface area contributed by atoms with Gasteiger partial charge in [-0.2, -0.15) is 0 Å². The second-order valence-electron chi connectivity index (χ2n) is 20.5. The Bertz CT molecular complexity index is 1310. The molecule has 12 saturated carbocycles. The highest BCUT2D eigenvalue weighted by atomic mass is 19.3. The number of ether oxygens (including phenoxy) is 5. The molecule has 12 aliphatic carbocycles. The molecule has 13 fully saturated rings. The monoisotopic (exact) mass is 714 g/mol. The van der Waals surface area contributed by atoms with Crippen LogP contribution < -0.4 is 0 Å². The average molecular weight is 715 g/mol. The molecule has 1 heterocycles. The molecule has 0 N–H and O–H groups in total. The zero-order chi connectivity index (χ0) is 35.0. The van der Waals surface area contributed by atoms with E-state index in [0.717, 1.165) is 58.3 Å². The summed E-state index contributed by atoms with van der Waals surface area (Å²) in [4.78, 5) is 41.4. The lowest BCUT2D eigenvalue weighted by molar-refractivity contribution is -0.321. The van der Waals surface area contributed by atoms with Crippen LogP contribution in [0.4, 0.5) is 8.78 Å². The summed E-state index contributed by atoms with van der Waals surface area (Å²) < 4.78 is 58.9. The van der Waals surface area contributed by atoms with E-state index in [-0.39, 0.29) is 50.2 Å². The fraction of sp³-hybridized carbons (Fsp3) is 0.927. The maximum Gasteiger partial charge on any atom is 0.312 e. The Morgan fingerprint density at radius 1 is 0.549 bits per heavy atom. The first kappa shape index (κ1) is 33.7. The van der Waals surface area contributed by atoms with E-state index >= 15 is 0 Å². The predicted octanol–water partition coefficient (Wildman–Crippen LogP) is 7.05. The summed E-state index contributed by atoms with van der Waals surface area (Å²) in [6.45, 7) is 0.234. The van der Waals surface area contributed by atoms with Crippen LogP contribution in [0.15, 0.2) is 0 Å². The molecule has 13 rings (SSSR count). The Balaban J connectivity index is 0.862. The van der Waals surface area contributed by atoms with Crippen LogP contribution in [-0.4, -0.2) is 68.1 Å². The third-order valence-electron chi connectivity index (χ3n) is 16.5. The maximum absolute atomic E-state index is 14.0. The molecule has 2 unspecified atom stereocenters. The first-order valence-electron chi connectivity index (χ1n) is 20.4. The van der Waals surface area contributed by atoms with E-state index in [1.165, 1.54) is 38.5 Å². The van der Waals surface area contributed by atoms with Gasteiger partial charge in [-0.1, -0.05) is 0 Å². The van der Waals surface area contributed by atoms with Gasteiger partial charge in [0.05, 0.1) is 35.1 Å². The van der Waals surface area contributed by atoms with Gasteiger partial charge in [-0.3, -0.25) is 14.4 Å². The Kier molecular flexibility index (Phi) is 7.52. The lowest BCUT2D eigenvalue weighted by atomic mass is 9.44. The summed E-state index contributed by atoms with van der Waals surface area (Å²) in [6.07, 6.45) is 16.5. The van der Waals surface area contributed by atoms with E-state index in [0.29, 0.717) is 60.7 Å². The molecule has 13 aliphatic rings. The van der Waals surface area contributed by atoms with Crippen LogP contribution in [0.3, 0.4) is 0 Å². The summed E-state index contributed by atoms with van der Waals surface area (Å²) in [5.41, 5.74) is -3.30. The average Bonchev–Trinajstić information content (AvgIpc) is 3.06. The number of hydrogen-bond acceptors (Lipinski definition) is 8. The molecular weight excluding hydrogens is 658 g/mol. The van der Waals surface area contributed by atoms with Crippen molar-refractivity contribution in [3.63, 3.8) is 0 Å². The van der Waals surface area contributed by atoms with Crippen molar-refractivity contribution < 1.29 is 46.8 Å². The lowest BCUT2D eigenvalue weighted by Crippen LogP contribution is -2.70. The minimum Gasteiger partial charge on any atom is -0.462 e. The van der Waals surface area contributed by atoms with Crippen LogP contribution in [0.25, 0.3) is 0 Å². The van der Waals surface area contributed by atoms with E-state index in [2.05, 4.69) is 0 Å². The van der Waals surface area contributed by atoms with Crippen LogP contribution in [0.5, 0.6) is 0 Å². The van der Waals surface area contributed by atoms with Crippen molar-refractivity contribution in [1.82, 2.24) is 0 Å². The molecule has 10 heteroatoms. The van der Waals surface area contributed by atoms with Crippen LogP contribution in [0.1, 0.15) is 116 Å². The van der Waals surface area contributed by atoms with Gasteiger partial charge in [0.25, 0.3) is 5.92 Å². The smallest absolute Gasteiger partial charge is 0.312 e. The normalized spacial score (nSPS) is 51.2. The molecule has 0 amide bonds. The summed E-state index contributed by atoms with van der Waals surface area (Å²) >= 11 is 0. The Morgan fingerprint density at radius 3 is 1.29 bits per heavy atom. The topological polar surface area (TPSA) is 97.4 Å². The van der Waals surface area contributed by atoms with E-state index in [4.69, 9.17) is 23.7 Å². The lowest BCUT2D eigenvalue weighted by Gasteiger charge is -2.65. The molecule has 12 bridgehead atoms. The number of hydrogen-bond donors (Lipinski definition) is 0. The second-order valence-corrected chi connectivity index (χ2v) is 20.5. The van der Waals surface area contributed by atoms with Crippen molar-refractivity contribution in [2.45, 2.75) is 133 Å². The first-order chi connectivity index (χ1) is 24.3. The molecule has 51 heavy (non-hydrogen) atoms. The number of alkyl halides is 2. The summed E-state index contributed by atoms with van der Waals surface area (Å²) in [7, 11) is 0. The van der Waals surface area contributed by atoms with Crippen LogP contribution >= 0.6 is 0 Å². The van der Waals surface area contributed by atoms with Gasteiger partial charge in [0.2, 0.25) is 0 Å². The van der Waals surface area contributed by atoms with Gasteiger partial charge in [-0.15, -0.1) is 0 Å². The van der Waals surface area contributed by atoms with Crippen molar-refractivity contribution >= 4 is 17.9 Å². The third kappa shape index (κ3) is 5.46. The van der Waals surface area contributed by atoms with Crippen molar-refractivity contribution in [2.75, 3.05) is 33.0 Å². The van der Waals surface area contributed by atoms with Gasteiger partial charge < -0.3 is 23.7 Å². The van der Waals surface area contributed by atoms with E-state index in [1.54, 1.807) is 0 Å². The standard InChI is InChI=1S/C41H56F2O8/c1-36(42,43)19-47-35(46)39-16-30-8-31(17-39)41(32(9-30)18-39)23-50-40(22-51-41,20-48-33(44)37-10-24-2-25(11-37)4-26(3-24)12-37)21-49-34(45)38-13-27-5-28(14-38)7-29(6-27)15-38/h24-32H,2-23H2,1H3.